The van der Waals surface area contributed by atoms with E-state index in [1.165, 1.54) is 12.1 Å². The summed E-state index contributed by atoms with van der Waals surface area (Å²) in [5.74, 6) is -0.759. The molecule has 1 unspecified atom stereocenters. The fourth-order valence-electron chi connectivity index (χ4n) is 1.67. The summed E-state index contributed by atoms with van der Waals surface area (Å²) in [6.07, 6.45) is -5.77. The lowest BCUT2D eigenvalue weighted by molar-refractivity contribution is -0.164. The quantitative estimate of drug-likeness (QED) is 0.737. The lowest BCUT2D eigenvalue weighted by Crippen LogP contribution is -2.28. The molecule has 0 aliphatic carbocycles. The van der Waals surface area contributed by atoms with E-state index < -0.39 is 29.4 Å². The van der Waals surface area contributed by atoms with Crippen molar-refractivity contribution in [2.75, 3.05) is 7.11 Å². The molecule has 0 fully saturated rings. The minimum atomic E-state index is -4.53. The highest BCUT2D eigenvalue weighted by molar-refractivity contribution is 9.10. The van der Waals surface area contributed by atoms with Gasteiger partial charge in [-0.15, -0.1) is 0 Å². The second-order valence-electron chi connectivity index (χ2n) is 5.34. The van der Waals surface area contributed by atoms with Crippen LogP contribution in [0.15, 0.2) is 22.7 Å². The summed E-state index contributed by atoms with van der Waals surface area (Å²) in [6.45, 7) is 5.10. The van der Waals surface area contributed by atoms with Crippen molar-refractivity contribution in [2.24, 2.45) is 0 Å². The largest absolute Gasteiger partial charge is 0.467 e. The maximum Gasteiger partial charge on any atom is 0.417 e. The summed E-state index contributed by atoms with van der Waals surface area (Å²) < 4.78 is 48.7. The number of rotatable bonds is 3. The van der Waals surface area contributed by atoms with Crippen LogP contribution in [0.1, 0.15) is 38.0 Å². The average molecular weight is 369 g/mol. The van der Waals surface area contributed by atoms with Crippen molar-refractivity contribution in [1.29, 1.82) is 0 Å². The van der Waals surface area contributed by atoms with Crippen molar-refractivity contribution in [1.82, 2.24) is 0 Å². The zero-order chi connectivity index (χ0) is 16.4. The van der Waals surface area contributed by atoms with Gasteiger partial charge in [-0.2, -0.15) is 13.2 Å². The topological polar surface area (TPSA) is 35.5 Å². The number of ether oxygens (including phenoxy) is 2. The lowest BCUT2D eigenvalue weighted by Gasteiger charge is -2.27. The van der Waals surface area contributed by atoms with Crippen LogP contribution >= 0.6 is 15.9 Å². The van der Waals surface area contributed by atoms with Crippen LogP contribution < -0.4 is 0 Å². The van der Waals surface area contributed by atoms with Crippen molar-refractivity contribution in [2.45, 2.75) is 38.7 Å². The van der Waals surface area contributed by atoms with E-state index in [0.29, 0.717) is 0 Å². The van der Waals surface area contributed by atoms with Crippen LogP contribution in [0.2, 0.25) is 0 Å². The van der Waals surface area contributed by atoms with Gasteiger partial charge in [0.1, 0.15) is 0 Å². The Morgan fingerprint density at radius 2 is 1.81 bits per heavy atom. The number of carbonyl (C=O) groups is 1. The Morgan fingerprint density at radius 3 is 2.24 bits per heavy atom. The monoisotopic (exact) mass is 368 g/mol. The lowest BCUT2D eigenvalue weighted by atomic mass is 10.0. The van der Waals surface area contributed by atoms with E-state index in [1.807, 2.05) is 0 Å². The standard InChI is InChI=1S/C14H16BrF3O3/c1-13(2,3)21-11(12(19)20-4)8-6-5-7-9(10(8)15)14(16,17)18/h5-7,11H,1-4H3. The van der Waals surface area contributed by atoms with Crippen molar-refractivity contribution in [3.8, 4) is 0 Å². The summed E-state index contributed by atoms with van der Waals surface area (Å²) in [5, 5.41) is 0. The highest BCUT2D eigenvalue weighted by atomic mass is 79.9. The third-order valence-electron chi connectivity index (χ3n) is 2.50. The minimum Gasteiger partial charge on any atom is -0.467 e. The molecule has 0 bridgehead atoms. The van der Waals surface area contributed by atoms with Crippen LogP contribution in [-0.4, -0.2) is 18.7 Å². The zero-order valence-corrected chi connectivity index (χ0v) is 13.6. The Labute approximate surface area is 129 Å². The molecule has 0 N–H and O–H groups in total. The highest BCUT2D eigenvalue weighted by Crippen LogP contribution is 2.39. The van der Waals surface area contributed by atoms with Crippen molar-refractivity contribution >= 4 is 21.9 Å². The molecule has 0 saturated carbocycles. The molecule has 1 aromatic rings. The first kappa shape index (κ1) is 18.0. The van der Waals surface area contributed by atoms with Crippen molar-refractivity contribution in [3.63, 3.8) is 0 Å². The Hall–Kier alpha value is -1.08. The van der Waals surface area contributed by atoms with Crippen LogP contribution in [0.4, 0.5) is 13.2 Å². The van der Waals surface area contributed by atoms with Crippen LogP contribution in [0.25, 0.3) is 0 Å². The summed E-state index contributed by atoms with van der Waals surface area (Å²) in [4.78, 5) is 11.9. The summed E-state index contributed by atoms with van der Waals surface area (Å²) in [6, 6.07) is 3.55. The maximum absolute atomic E-state index is 12.9. The first-order valence-electron chi connectivity index (χ1n) is 6.08. The number of hydrogen-bond acceptors (Lipinski definition) is 3. The Bertz CT molecular complexity index is 521. The number of esters is 1. The first-order valence-corrected chi connectivity index (χ1v) is 6.88. The molecule has 0 aliphatic heterocycles. The zero-order valence-electron chi connectivity index (χ0n) is 12.0. The molecule has 3 nitrogen and oxygen atoms in total. The fourth-order valence-corrected chi connectivity index (χ4v) is 2.37. The van der Waals surface area contributed by atoms with E-state index in [9.17, 15) is 18.0 Å². The van der Waals surface area contributed by atoms with Gasteiger partial charge < -0.3 is 9.47 Å². The molecule has 118 valence electrons. The first-order chi connectivity index (χ1) is 9.47. The number of methoxy groups -OCH3 is 1. The molecule has 0 heterocycles. The number of benzene rings is 1. The van der Waals surface area contributed by atoms with Gasteiger partial charge >= 0.3 is 12.1 Å². The SMILES string of the molecule is COC(=O)C(OC(C)(C)C)c1cccc(C(F)(F)F)c1Br. The molecule has 0 saturated heterocycles. The second kappa shape index (κ2) is 6.36. The van der Waals surface area contributed by atoms with E-state index in [4.69, 9.17) is 4.74 Å². The number of alkyl halides is 3. The van der Waals surface area contributed by atoms with Crippen LogP contribution in [0, 0.1) is 0 Å². The normalized spacial score (nSPS) is 13.9. The minimum absolute atomic E-state index is 0.0756. The van der Waals surface area contributed by atoms with Gasteiger partial charge in [0.25, 0.3) is 0 Å². The Morgan fingerprint density at radius 1 is 1.24 bits per heavy atom. The van der Waals surface area contributed by atoms with Crippen LogP contribution in [0.5, 0.6) is 0 Å². The van der Waals surface area contributed by atoms with E-state index in [0.717, 1.165) is 13.2 Å². The molecule has 7 heteroatoms. The molecule has 0 aliphatic rings. The molecule has 1 atom stereocenters. The van der Waals surface area contributed by atoms with Crippen molar-refractivity contribution in [3.05, 3.63) is 33.8 Å². The van der Waals surface area contributed by atoms with Gasteiger partial charge in [0.2, 0.25) is 0 Å². The molecule has 0 spiro atoms. The van der Waals surface area contributed by atoms with E-state index >= 15 is 0 Å². The summed E-state index contributed by atoms with van der Waals surface area (Å²) in [5.41, 5.74) is -1.52. The summed E-state index contributed by atoms with van der Waals surface area (Å²) >= 11 is 2.91. The van der Waals surface area contributed by atoms with Gasteiger partial charge in [0.15, 0.2) is 6.10 Å². The van der Waals surface area contributed by atoms with Gasteiger partial charge in [-0.25, -0.2) is 4.79 Å². The molecular formula is C14H16BrF3O3. The van der Waals surface area contributed by atoms with Crippen LogP contribution in [-0.2, 0) is 20.4 Å². The Kier molecular flexibility index (Phi) is 5.44. The third kappa shape index (κ3) is 4.71. The molecule has 0 aromatic heterocycles. The molecular weight excluding hydrogens is 353 g/mol. The number of hydrogen-bond donors (Lipinski definition) is 0. The predicted molar refractivity (Wildman–Crippen MR) is 74.7 cm³/mol. The molecule has 0 radical (unpaired) electrons. The molecule has 1 aromatic carbocycles. The fraction of sp³-hybridized carbons (Fsp3) is 0.500. The number of halogens is 4. The van der Waals surface area contributed by atoms with Gasteiger partial charge in [-0.1, -0.05) is 12.1 Å². The smallest absolute Gasteiger partial charge is 0.417 e. The Balaban J connectivity index is 3.35. The van der Waals surface area contributed by atoms with Crippen LogP contribution in [0.3, 0.4) is 0 Å². The summed E-state index contributed by atoms with van der Waals surface area (Å²) in [7, 11) is 1.16. The predicted octanol–water partition coefficient (Wildman–Crippen LogP) is 4.50. The average Bonchev–Trinajstić information content (AvgIpc) is 2.33. The number of carbonyl (C=O) groups excluding carboxylic acids is 1. The van der Waals surface area contributed by atoms with E-state index in [2.05, 4.69) is 20.7 Å². The maximum atomic E-state index is 12.9. The van der Waals surface area contributed by atoms with E-state index in [1.54, 1.807) is 20.8 Å². The van der Waals surface area contributed by atoms with Gasteiger partial charge in [-0.05, 0) is 42.8 Å². The van der Waals surface area contributed by atoms with Gasteiger partial charge in [-0.3, -0.25) is 0 Å². The third-order valence-corrected chi connectivity index (χ3v) is 3.39. The van der Waals surface area contributed by atoms with Gasteiger partial charge in [0, 0.05) is 10.0 Å². The molecule has 21 heavy (non-hydrogen) atoms. The van der Waals surface area contributed by atoms with E-state index in [-0.39, 0.29) is 10.0 Å². The second-order valence-corrected chi connectivity index (χ2v) is 6.13. The van der Waals surface area contributed by atoms with Crippen molar-refractivity contribution < 1.29 is 27.4 Å². The molecule has 0 amide bonds. The highest BCUT2D eigenvalue weighted by Gasteiger charge is 2.37. The van der Waals surface area contributed by atoms with Gasteiger partial charge in [0.05, 0.1) is 18.3 Å². The molecule has 1 rings (SSSR count).